The largest absolute Gasteiger partial charge is 0.508 e. The third-order valence-corrected chi connectivity index (χ3v) is 13.2. The summed E-state index contributed by atoms with van der Waals surface area (Å²) in [5.74, 6) is 0.0492. The molecule has 1 unspecified atom stereocenters. The number of nitrogens with one attached hydrogen (secondary N) is 1. The van der Waals surface area contributed by atoms with Crippen LogP contribution in [0.2, 0.25) is 0 Å². The van der Waals surface area contributed by atoms with E-state index in [1.54, 1.807) is 36.4 Å². The minimum absolute atomic E-state index is 0.0968. The second kappa shape index (κ2) is 15.9. The van der Waals surface area contributed by atoms with Crippen molar-refractivity contribution in [2.24, 2.45) is 5.92 Å². The Labute approximate surface area is 339 Å². The third-order valence-electron chi connectivity index (χ3n) is 12.0. The number of piperidine rings is 2. The molecule has 2 N–H and O–H groups in total. The Bertz CT molecular complexity index is 2390. The lowest BCUT2D eigenvalue weighted by atomic mass is 9.92. The highest BCUT2D eigenvalue weighted by Crippen LogP contribution is 2.47. The fraction of sp³-hybridized carbons (Fsp3) is 0.333. The first kappa shape index (κ1) is 37.8. The maximum absolute atomic E-state index is 13.7. The van der Waals surface area contributed by atoms with Crippen molar-refractivity contribution in [2.75, 3.05) is 55.6 Å². The van der Waals surface area contributed by atoms with E-state index in [0.717, 1.165) is 96.2 Å². The summed E-state index contributed by atoms with van der Waals surface area (Å²) in [5, 5.41) is 13.2. The number of anilines is 2. The van der Waals surface area contributed by atoms with E-state index < -0.39 is 23.8 Å². The van der Waals surface area contributed by atoms with E-state index in [-0.39, 0.29) is 30.3 Å². The van der Waals surface area contributed by atoms with Crippen molar-refractivity contribution < 1.29 is 33.4 Å². The summed E-state index contributed by atoms with van der Waals surface area (Å²) in [6.07, 6.45) is 4.90. The highest BCUT2D eigenvalue weighted by Gasteiger charge is 2.44. The number of aromatic hydroxyl groups is 1. The zero-order valence-electron chi connectivity index (χ0n) is 32.0. The topological polar surface area (TPSA) is 123 Å². The van der Waals surface area contributed by atoms with Gasteiger partial charge in [-0.1, -0.05) is 12.1 Å². The number of halogens is 1. The summed E-state index contributed by atoms with van der Waals surface area (Å²) >= 11 is 1.51. The van der Waals surface area contributed by atoms with E-state index in [9.17, 15) is 28.7 Å². The van der Waals surface area contributed by atoms with Gasteiger partial charge < -0.3 is 19.6 Å². The van der Waals surface area contributed by atoms with Gasteiger partial charge >= 0.3 is 0 Å². The van der Waals surface area contributed by atoms with Crippen LogP contribution in [0.15, 0.2) is 84.9 Å². The Morgan fingerprint density at radius 3 is 2.21 bits per heavy atom. The number of phenols is 1. The minimum Gasteiger partial charge on any atom is -0.508 e. The molecule has 0 bridgehead atoms. The number of benzene rings is 4. The first-order valence-corrected chi connectivity index (χ1v) is 20.9. The molecule has 11 nitrogen and oxygen atoms in total. The lowest BCUT2D eigenvalue weighted by Gasteiger charge is -2.37. The molecule has 0 saturated carbocycles. The summed E-state index contributed by atoms with van der Waals surface area (Å²) in [5.41, 5.74) is 3.54. The normalized spacial score (nSPS) is 19.3. The number of hydrogen-bond acceptors (Lipinski definition) is 10. The van der Waals surface area contributed by atoms with Gasteiger partial charge in [0.15, 0.2) is 5.75 Å². The van der Waals surface area contributed by atoms with Crippen molar-refractivity contribution in [3.8, 4) is 27.7 Å². The summed E-state index contributed by atoms with van der Waals surface area (Å²) in [4.78, 5) is 59.5. The smallest absolute Gasteiger partial charge is 0.262 e. The molecule has 0 radical (unpaired) electrons. The van der Waals surface area contributed by atoms with Crippen molar-refractivity contribution >= 4 is 56.4 Å². The predicted molar refractivity (Wildman–Crippen MR) is 221 cm³/mol. The number of imide groups is 2. The van der Waals surface area contributed by atoms with Gasteiger partial charge in [0.05, 0.1) is 16.0 Å². The maximum atomic E-state index is 13.7. The number of phenolic OH excluding ortho intramolecular Hbond substituents is 1. The van der Waals surface area contributed by atoms with Crippen LogP contribution in [0.5, 0.6) is 17.2 Å². The molecular formula is C45H44FN5O6S. The molecule has 4 amide bonds. The summed E-state index contributed by atoms with van der Waals surface area (Å²) in [6.45, 7) is 6.56. The molecular weight excluding hydrogens is 758 g/mol. The molecule has 298 valence electrons. The van der Waals surface area contributed by atoms with Crippen LogP contribution >= 0.6 is 11.3 Å². The number of thiophene rings is 1. The van der Waals surface area contributed by atoms with Gasteiger partial charge in [-0.2, -0.15) is 0 Å². The summed E-state index contributed by atoms with van der Waals surface area (Å²) in [7, 11) is 0. The van der Waals surface area contributed by atoms with E-state index in [2.05, 4.69) is 32.1 Å². The van der Waals surface area contributed by atoms with Crippen LogP contribution < -0.4 is 19.9 Å². The summed E-state index contributed by atoms with van der Waals surface area (Å²) in [6, 6.07) is 24.2. The van der Waals surface area contributed by atoms with Gasteiger partial charge in [-0.15, -0.1) is 11.3 Å². The molecule has 5 heterocycles. The minimum atomic E-state index is -0.966. The monoisotopic (exact) mass is 801 g/mol. The number of ether oxygens (including phenoxy) is 1. The van der Waals surface area contributed by atoms with Gasteiger partial charge in [0, 0.05) is 67.2 Å². The molecule has 4 aliphatic rings. The van der Waals surface area contributed by atoms with E-state index in [4.69, 9.17) is 4.74 Å². The van der Waals surface area contributed by atoms with Crippen molar-refractivity contribution in [3.05, 3.63) is 102 Å². The average molecular weight is 802 g/mol. The van der Waals surface area contributed by atoms with Crippen LogP contribution in [0.1, 0.15) is 59.2 Å². The molecule has 9 rings (SSSR count). The Morgan fingerprint density at radius 2 is 1.47 bits per heavy atom. The lowest BCUT2D eigenvalue weighted by Crippen LogP contribution is -2.54. The zero-order valence-corrected chi connectivity index (χ0v) is 32.8. The zero-order chi connectivity index (χ0) is 39.9. The number of rotatable bonds is 10. The number of hydrogen-bond donors (Lipinski definition) is 2. The van der Waals surface area contributed by atoms with Crippen molar-refractivity contribution in [3.63, 3.8) is 0 Å². The number of amides is 4. The number of nitrogens with zero attached hydrogens (tertiary/aromatic N) is 4. The van der Waals surface area contributed by atoms with Crippen LogP contribution in [0.4, 0.5) is 15.8 Å². The molecule has 3 fully saturated rings. The number of piperazine rings is 1. The van der Waals surface area contributed by atoms with Crippen LogP contribution in [-0.4, -0.2) is 90.4 Å². The van der Waals surface area contributed by atoms with Gasteiger partial charge in [-0.3, -0.25) is 34.3 Å². The molecule has 1 atom stereocenters. The number of fused-ring (bicyclic) bond motifs is 2. The standard InChI is InChI=1S/C45H44FN5O6S/c46-30-5-3-29(4-6-30)42-41(36-14-10-33(52)27-39(36)58-42)57-34-11-7-31(8-12-34)49-20-17-28(18-21-49)2-1-19-48-22-24-50(25-23-48)32-9-13-35-37(26-32)45(56)51(44(35)55)38-15-16-40(53)47-43(38)54/h3-14,26-28,38,52H,1-2,15-25H2,(H,47,53,54). The molecule has 0 aliphatic carbocycles. The van der Waals surface area contributed by atoms with Gasteiger partial charge in [0.1, 0.15) is 23.4 Å². The van der Waals surface area contributed by atoms with Crippen LogP contribution in [0.3, 0.4) is 0 Å². The lowest BCUT2D eigenvalue weighted by molar-refractivity contribution is -0.136. The molecule has 5 aromatic rings. The van der Waals surface area contributed by atoms with Gasteiger partial charge in [0.25, 0.3) is 11.8 Å². The van der Waals surface area contributed by atoms with Crippen molar-refractivity contribution in [2.45, 2.75) is 44.6 Å². The van der Waals surface area contributed by atoms with E-state index >= 15 is 0 Å². The van der Waals surface area contributed by atoms with Crippen molar-refractivity contribution in [1.29, 1.82) is 0 Å². The molecule has 0 spiro atoms. The quantitative estimate of drug-likeness (QED) is 0.139. The Balaban J connectivity index is 0.732. The molecule has 13 heteroatoms. The maximum Gasteiger partial charge on any atom is 0.262 e. The van der Waals surface area contributed by atoms with E-state index in [1.165, 1.54) is 35.6 Å². The summed E-state index contributed by atoms with van der Waals surface area (Å²) < 4.78 is 21.1. The predicted octanol–water partition coefficient (Wildman–Crippen LogP) is 7.43. The Morgan fingerprint density at radius 1 is 0.759 bits per heavy atom. The van der Waals surface area contributed by atoms with Crippen LogP contribution in [0.25, 0.3) is 20.5 Å². The fourth-order valence-electron chi connectivity index (χ4n) is 8.77. The van der Waals surface area contributed by atoms with E-state index in [1.807, 2.05) is 24.3 Å². The first-order valence-electron chi connectivity index (χ1n) is 20.1. The molecule has 4 aromatic carbocycles. The highest BCUT2D eigenvalue weighted by atomic mass is 32.1. The van der Waals surface area contributed by atoms with E-state index in [0.29, 0.717) is 28.5 Å². The number of carbonyl (C=O) groups excluding carboxylic acids is 4. The second-order valence-electron chi connectivity index (χ2n) is 15.6. The average Bonchev–Trinajstić information content (AvgIpc) is 3.71. The highest BCUT2D eigenvalue weighted by molar-refractivity contribution is 7.22. The van der Waals surface area contributed by atoms with Gasteiger partial charge in [-0.05, 0) is 123 Å². The van der Waals surface area contributed by atoms with Crippen LogP contribution in [-0.2, 0) is 9.59 Å². The van der Waals surface area contributed by atoms with Crippen LogP contribution in [0, 0.1) is 11.7 Å². The first-order chi connectivity index (χ1) is 28.2. The Kier molecular flexibility index (Phi) is 10.3. The van der Waals surface area contributed by atoms with Crippen molar-refractivity contribution in [1.82, 2.24) is 15.1 Å². The second-order valence-corrected chi connectivity index (χ2v) is 16.7. The Hall–Kier alpha value is -5.79. The molecule has 4 aliphatic heterocycles. The molecule has 3 saturated heterocycles. The molecule has 58 heavy (non-hydrogen) atoms. The number of carbonyl (C=O) groups is 4. The third kappa shape index (κ3) is 7.51. The SMILES string of the molecule is O=C1CCC(N2C(=O)c3ccc(N4CCN(CCCC5CCN(c6ccc(Oc7c(-c8ccc(F)cc8)sc8cc(O)ccc78)cc6)CC5)CC4)cc3C2=O)C(=O)N1. The van der Waals surface area contributed by atoms with Gasteiger partial charge in [-0.25, -0.2) is 4.39 Å². The molecule has 1 aromatic heterocycles. The fourth-order valence-corrected chi connectivity index (χ4v) is 9.93. The van der Waals surface area contributed by atoms with Gasteiger partial charge in [0.2, 0.25) is 11.8 Å².